The topological polar surface area (TPSA) is 92.8 Å². The molecular weight excluding hydrogens is 246 g/mol. The number of anilines is 1. The standard InChI is InChI=1S/C14H11NO4/c15-7-1-2-12-9(3-7)10(6-16)14-11(18)4-8(17)5-13(14)19-12/h1-6,10,17-18H,15H2. The molecule has 0 radical (unpaired) electrons. The van der Waals surface area contributed by atoms with Gasteiger partial charge in [-0.25, -0.2) is 0 Å². The van der Waals surface area contributed by atoms with Crippen molar-refractivity contribution < 1.29 is 19.7 Å². The molecule has 4 N–H and O–H groups in total. The summed E-state index contributed by atoms with van der Waals surface area (Å²) in [6.07, 6.45) is 0.719. The van der Waals surface area contributed by atoms with Crippen molar-refractivity contribution in [3.05, 3.63) is 41.5 Å². The number of aromatic hydroxyl groups is 2. The predicted molar refractivity (Wildman–Crippen MR) is 68.6 cm³/mol. The molecule has 96 valence electrons. The number of carbonyl (C=O) groups is 1. The summed E-state index contributed by atoms with van der Waals surface area (Å²) in [5.74, 6) is -0.210. The number of nitrogens with two attached hydrogens (primary N) is 1. The molecule has 1 atom stereocenters. The van der Waals surface area contributed by atoms with Crippen LogP contribution >= 0.6 is 0 Å². The molecule has 5 heteroatoms. The molecule has 5 nitrogen and oxygen atoms in total. The Labute approximate surface area is 108 Å². The Kier molecular flexibility index (Phi) is 2.35. The first kappa shape index (κ1) is 11.4. The molecule has 0 spiro atoms. The third kappa shape index (κ3) is 1.67. The Morgan fingerprint density at radius 2 is 1.95 bits per heavy atom. The first-order valence-electron chi connectivity index (χ1n) is 5.68. The Balaban J connectivity index is 2.26. The molecule has 0 amide bonds. The van der Waals surface area contributed by atoms with Crippen LogP contribution in [0.25, 0.3) is 0 Å². The van der Waals surface area contributed by atoms with Gasteiger partial charge in [-0.3, -0.25) is 0 Å². The van der Waals surface area contributed by atoms with E-state index in [1.165, 1.54) is 12.1 Å². The second-order valence-electron chi connectivity index (χ2n) is 4.39. The summed E-state index contributed by atoms with van der Waals surface area (Å²) in [4.78, 5) is 11.4. The van der Waals surface area contributed by atoms with Gasteiger partial charge in [-0.2, -0.15) is 0 Å². The Bertz CT molecular complexity index is 681. The number of phenols is 2. The second kappa shape index (κ2) is 3.91. The number of aldehydes is 1. The van der Waals surface area contributed by atoms with Gasteiger partial charge in [-0.15, -0.1) is 0 Å². The zero-order valence-electron chi connectivity index (χ0n) is 9.83. The zero-order chi connectivity index (χ0) is 13.6. The summed E-state index contributed by atoms with van der Waals surface area (Å²) in [6, 6.07) is 7.50. The van der Waals surface area contributed by atoms with Crippen LogP contribution in [-0.4, -0.2) is 16.5 Å². The van der Waals surface area contributed by atoms with Gasteiger partial charge >= 0.3 is 0 Å². The molecule has 2 aromatic rings. The third-order valence-corrected chi connectivity index (χ3v) is 3.14. The van der Waals surface area contributed by atoms with Crippen LogP contribution in [0.3, 0.4) is 0 Å². The minimum absolute atomic E-state index is 0.125. The number of ether oxygens (including phenoxy) is 1. The lowest BCUT2D eigenvalue weighted by molar-refractivity contribution is -0.108. The summed E-state index contributed by atoms with van der Waals surface area (Å²) < 4.78 is 5.59. The van der Waals surface area contributed by atoms with E-state index in [9.17, 15) is 15.0 Å². The van der Waals surface area contributed by atoms with Gasteiger partial charge in [-0.1, -0.05) is 0 Å². The van der Waals surface area contributed by atoms with E-state index in [4.69, 9.17) is 10.5 Å². The summed E-state index contributed by atoms with van der Waals surface area (Å²) in [6.45, 7) is 0. The lowest BCUT2D eigenvalue weighted by atomic mass is 9.88. The van der Waals surface area contributed by atoms with Crippen molar-refractivity contribution in [1.29, 1.82) is 0 Å². The van der Waals surface area contributed by atoms with Crippen LogP contribution in [0, 0.1) is 0 Å². The summed E-state index contributed by atoms with van der Waals surface area (Å²) >= 11 is 0. The van der Waals surface area contributed by atoms with E-state index in [1.807, 2.05) is 0 Å². The molecule has 0 aliphatic carbocycles. The summed E-state index contributed by atoms with van der Waals surface area (Å²) in [5, 5.41) is 19.4. The van der Waals surface area contributed by atoms with Crippen molar-refractivity contribution in [2.45, 2.75) is 5.92 Å². The molecule has 2 aromatic carbocycles. The molecule has 0 aromatic heterocycles. The minimum atomic E-state index is -0.664. The SMILES string of the molecule is Nc1ccc2c(c1)C(C=O)c1c(O)cc(O)cc1O2. The van der Waals surface area contributed by atoms with Gasteiger partial charge in [0.2, 0.25) is 0 Å². The summed E-state index contributed by atoms with van der Waals surface area (Å²) in [7, 11) is 0. The predicted octanol–water partition coefficient (Wildman–Crippen LogP) is 2.12. The van der Waals surface area contributed by atoms with E-state index in [1.54, 1.807) is 18.2 Å². The Morgan fingerprint density at radius 1 is 1.16 bits per heavy atom. The lowest BCUT2D eigenvalue weighted by Gasteiger charge is -2.25. The van der Waals surface area contributed by atoms with E-state index in [-0.39, 0.29) is 17.2 Å². The van der Waals surface area contributed by atoms with Crippen LogP contribution in [0.4, 0.5) is 5.69 Å². The number of hydrogen-bond acceptors (Lipinski definition) is 5. The highest BCUT2D eigenvalue weighted by atomic mass is 16.5. The maximum atomic E-state index is 11.4. The van der Waals surface area contributed by atoms with Crippen molar-refractivity contribution in [1.82, 2.24) is 0 Å². The fourth-order valence-electron chi connectivity index (χ4n) is 2.31. The van der Waals surface area contributed by atoms with Crippen LogP contribution in [0.2, 0.25) is 0 Å². The maximum absolute atomic E-state index is 11.4. The minimum Gasteiger partial charge on any atom is -0.508 e. The number of phenolic OH excluding ortho intramolecular Hbond substituents is 2. The molecule has 1 aliphatic rings. The van der Waals surface area contributed by atoms with E-state index >= 15 is 0 Å². The van der Waals surface area contributed by atoms with Crippen LogP contribution in [0.5, 0.6) is 23.0 Å². The number of benzene rings is 2. The van der Waals surface area contributed by atoms with Crippen LogP contribution in [0.15, 0.2) is 30.3 Å². The average Bonchev–Trinajstić information content (AvgIpc) is 2.36. The largest absolute Gasteiger partial charge is 0.508 e. The number of nitrogen functional groups attached to an aromatic ring is 1. The van der Waals surface area contributed by atoms with Crippen LogP contribution in [0.1, 0.15) is 17.0 Å². The van der Waals surface area contributed by atoms with Crippen LogP contribution in [-0.2, 0) is 4.79 Å². The summed E-state index contributed by atoms with van der Waals surface area (Å²) in [5.41, 5.74) is 7.16. The lowest BCUT2D eigenvalue weighted by Crippen LogP contribution is -2.12. The molecule has 19 heavy (non-hydrogen) atoms. The van der Waals surface area contributed by atoms with E-state index in [2.05, 4.69) is 0 Å². The molecule has 1 unspecified atom stereocenters. The van der Waals surface area contributed by atoms with Gasteiger partial charge in [-0.05, 0) is 18.2 Å². The molecule has 3 rings (SSSR count). The molecule has 1 aliphatic heterocycles. The van der Waals surface area contributed by atoms with Gasteiger partial charge in [0.15, 0.2) is 0 Å². The number of hydrogen-bond donors (Lipinski definition) is 3. The monoisotopic (exact) mass is 257 g/mol. The average molecular weight is 257 g/mol. The number of fused-ring (bicyclic) bond motifs is 2. The molecule has 1 heterocycles. The van der Waals surface area contributed by atoms with Gasteiger partial charge in [0.05, 0.1) is 11.5 Å². The molecule has 0 fully saturated rings. The van der Waals surface area contributed by atoms with Crippen molar-refractivity contribution in [2.24, 2.45) is 0 Å². The smallest absolute Gasteiger partial charge is 0.139 e. The van der Waals surface area contributed by atoms with Gasteiger partial charge in [0.25, 0.3) is 0 Å². The van der Waals surface area contributed by atoms with Gasteiger partial charge < -0.3 is 25.5 Å². The second-order valence-corrected chi connectivity index (χ2v) is 4.39. The zero-order valence-corrected chi connectivity index (χ0v) is 9.83. The van der Waals surface area contributed by atoms with Gasteiger partial charge in [0.1, 0.15) is 29.3 Å². The Hall–Kier alpha value is -2.69. The van der Waals surface area contributed by atoms with Crippen molar-refractivity contribution in [2.75, 3.05) is 5.73 Å². The Morgan fingerprint density at radius 3 is 2.68 bits per heavy atom. The molecule has 0 saturated heterocycles. The molecule has 0 saturated carbocycles. The van der Waals surface area contributed by atoms with Crippen molar-refractivity contribution in [3.63, 3.8) is 0 Å². The highest BCUT2D eigenvalue weighted by molar-refractivity contribution is 5.77. The van der Waals surface area contributed by atoms with Crippen molar-refractivity contribution >= 4 is 12.0 Å². The van der Waals surface area contributed by atoms with E-state index in [0.717, 1.165) is 6.29 Å². The third-order valence-electron chi connectivity index (χ3n) is 3.14. The maximum Gasteiger partial charge on any atom is 0.139 e. The first-order valence-corrected chi connectivity index (χ1v) is 5.68. The van der Waals surface area contributed by atoms with E-state index in [0.29, 0.717) is 22.6 Å². The highest BCUT2D eigenvalue weighted by Crippen LogP contribution is 2.48. The van der Waals surface area contributed by atoms with Crippen LogP contribution < -0.4 is 10.5 Å². The fourth-order valence-corrected chi connectivity index (χ4v) is 2.31. The number of rotatable bonds is 1. The normalized spacial score (nSPS) is 16.1. The fraction of sp³-hybridized carbons (Fsp3) is 0.0714. The van der Waals surface area contributed by atoms with Crippen molar-refractivity contribution in [3.8, 4) is 23.0 Å². The quantitative estimate of drug-likeness (QED) is 0.537. The highest BCUT2D eigenvalue weighted by Gasteiger charge is 2.30. The number of carbonyl (C=O) groups excluding carboxylic acids is 1. The van der Waals surface area contributed by atoms with E-state index < -0.39 is 5.92 Å². The van der Waals surface area contributed by atoms with Gasteiger partial charge in [0, 0.05) is 23.4 Å². The molecular formula is C14H11NO4. The first-order chi connectivity index (χ1) is 9.10. The molecule has 0 bridgehead atoms.